The summed E-state index contributed by atoms with van der Waals surface area (Å²) in [5.41, 5.74) is 1.48. The third-order valence-electron chi connectivity index (χ3n) is 4.65. The first kappa shape index (κ1) is 18.6. The number of carbonyl (C=O) groups excluding carboxylic acids is 4. The first-order valence-electron chi connectivity index (χ1n) is 8.65. The van der Waals surface area contributed by atoms with Gasteiger partial charge in [-0.05, 0) is 25.0 Å². The third-order valence-corrected chi connectivity index (χ3v) is 4.65. The molecule has 1 saturated heterocycles. The van der Waals surface area contributed by atoms with Crippen molar-refractivity contribution >= 4 is 35.3 Å². The van der Waals surface area contributed by atoms with Crippen LogP contribution in [0.2, 0.25) is 0 Å². The number of imide groups is 1. The van der Waals surface area contributed by atoms with Gasteiger partial charge in [0.15, 0.2) is 0 Å². The average Bonchev–Trinajstić information content (AvgIpc) is 2.93. The highest BCUT2D eigenvalue weighted by Gasteiger charge is 2.39. The standard InChI is InChI=1S/C18H19N3O6/c22-14(5-2-6-16(24)25)19-12-4-1-3-10-11(12)9-21(18(10)27)13-7-8-15(23)20-17(13)26/h1,3-4,13H,2,5-9H2,(H,19,22)(H,24,25)(H,20,23,26). The van der Waals surface area contributed by atoms with E-state index in [-0.39, 0.29) is 56.4 Å². The SMILES string of the molecule is O=C(O)CCCC(=O)Nc1cccc2c1CN(C1CCC(=O)NC1=O)C2=O. The van der Waals surface area contributed by atoms with Gasteiger partial charge in [-0.15, -0.1) is 0 Å². The van der Waals surface area contributed by atoms with Crippen molar-refractivity contribution in [2.24, 2.45) is 0 Å². The molecule has 9 nitrogen and oxygen atoms in total. The number of amides is 4. The molecule has 2 aliphatic heterocycles. The summed E-state index contributed by atoms with van der Waals surface area (Å²) in [6, 6.07) is 4.21. The summed E-state index contributed by atoms with van der Waals surface area (Å²) in [5, 5.41) is 13.6. The molecule has 1 aromatic rings. The van der Waals surface area contributed by atoms with E-state index in [2.05, 4.69) is 10.6 Å². The predicted octanol–water partition coefficient (Wildman–Crippen LogP) is 0.641. The monoisotopic (exact) mass is 373 g/mol. The van der Waals surface area contributed by atoms with Crippen molar-refractivity contribution in [3.63, 3.8) is 0 Å². The Morgan fingerprint density at radius 1 is 1.22 bits per heavy atom. The van der Waals surface area contributed by atoms with Crippen LogP contribution in [0, 0.1) is 0 Å². The Hall–Kier alpha value is -3.23. The highest BCUT2D eigenvalue weighted by Crippen LogP contribution is 2.32. The van der Waals surface area contributed by atoms with Gasteiger partial charge < -0.3 is 15.3 Å². The van der Waals surface area contributed by atoms with Crippen LogP contribution >= 0.6 is 0 Å². The topological polar surface area (TPSA) is 133 Å². The molecule has 1 aromatic carbocycles. The molecule has 0 radical (unpaired) electrons. The second-order valence-electron chi connectivity index (χ2n) is 6.53. The molecular weight excluding hydrogens is 354 g/mol. The highest BCUT2D eigenvalue weighted by molar-refractivity contribution is 6.06. The van der Waals surface area contributed by atoms with Crippen LogP contribution < -0.4 is 10.6 Å². The molecule has 4 amide bonds. The van der Waals surface area contributed by atoms with E-state index < -0.39 is 17.9 Å². The summed E-state index contributed by atoms with van der Waals surface area (Å²) < 4.78 is 0. The molecule has 1 atom stereocenters. The predicted molar refractivity (Wildman–Crippen MR) is 92.6 cm³/mol. The lowest BCUT2D eigenvalue weighted by atomic mass is 10.0. The van der Waals surface area contributed by atoms with Crippen molar-refractivity contribution in [2.45, 2.75) is 44.7 Å². The van der Waals surface area contributed by atoms with E-state index >= 15 is 0 Å². The van der Waals surface area contributed by atoms with E-state index in [1.165, 1.54) is 4.90 Å². The maximum absolute atomic E-state index is 12.7. The summed E-state index contributed by atoms with van der Waals surface area (Å²) in [6.45, 7) is 0.159. The third kappa shape index (κ3) is 3.97. The fraction of sp³-hybridized carbons (Fsp3) is 0.389. The number of hydrogen-bond donors (Lipinski definition) is 3. The van der Waals surface area contributed by atoms with Crippen molar-refractivity contribution in [1.29, 1.82) is 0 Å². The number of nitrogens with zero attached hydrogens (tertiary/aromatic N) is 1. The summed E-state index contributed by atoms with van der Waals surface area (Å²) in [7, 11) is 0. The number of nitrogens with one attached hydrogen (secondary N) is 2. The van der Waals surface area contributed by atoms with Crippen molar-refractivity contribution < 1.29 is 29.1 Å². The molecule has 0 aromatic heterocycles. The number of carboxylic acids is 1. The van der Waals surface area contributed by atoms with Crippen molar-refractivity contribution in [3.8, 4) is 0 Å². The Bertz CT molecular complexity index is 834. The number of carboxylic acid groups (broad SMARTS) is 1. The molecule has 0 spiro atoms. The molecule has 3 N–H and O–H groups in total. The summed E-state index contributed by atoms with van der Waals surface area (Å²) >= 11 is 0. The van der Waals surface area contributed by atoms with E-state index in [0.717, 1.165) is 0 Å². The molecule has 9 heteroatoms. The number of aliphatic carboxylic acids is 1. The van der Waals surface area contributed by atoms with Crippen molar-refractivity contribution in [1.82, 2.24) is 10.2 Å². The fourth-order valence-corrected chi connectivity index (χ4v) is 3.32. The zero-order chi connectivity index (χ0) is 19.6. The van der Waals surface area contributed by atoms with Crippen LogP contribution in [0.4, 0.5) is 5.69 Å². The van der Waals surface area contributed by atoms with E-state index in [0.29, 0.717) is 16.8 Å². The van der Waals surface area contributed by atoms with Crippen molar-refractivity contribution in [2.75, 3.05) is 5.32 Å². The number of hydrogen-bond acceptors (Lipinski definition) is 5. The van der Waals surface area contributed by atoms with Gasteiger partial charge in [0.1, 0.15) is 6.04 Å². The lowest BCUT2D eigenvalue weighted by molar-refractivity contribution is -0.138. The van der Waals surface area contributed by atoms with Gasteiger partial charge in [-0.1, -0.05) is 6.07 Å². The Labute approximate surface area is 154 Å². The number of fused-ring (bicyclic) bond motifs is 1. The minimum atomic E-state index is -0.964. The Morgan fingerprint density at radius 3 is 2.70 bits per heavy atom. The first-order chi connectivity index (χ1) is 12.9. The number of rotatable bonds is 6. The van der Waals surface area contributed by atoms with Crippen LogP contribution in [0.5, 0.6) is 0 Å². The van der Waals surface area contributed by atoms with Gasteiger partial charge in [-0.25, -0.2) is 0 Å². The quantitative estimate of drug-likeness (QED) is 0.627. The van der Waals surface area contributed by atoms with Gasteiger partial charge in [0, 0.05) is 42.6 Å². The zero-order valence-electron chi connectivity index (χ0n) is 14.5. The fourth-order valence-electron chi connectivity index (χ4n) is 3.32. The Morgan fingerprint density at radius 2 is 2.00 bits per heavy atom. The van der Waals surface area contributed by atoms with Crippen LogP contribution in [0.15, 0.2) is 18.2 Å². The zero-order valence-corrected chi connectivity index (χ0v) is 14.5. The molecule has 1 fully saturated rings. The molecule has 2 heterocycles. The number of piperidine rings is 1. The Balaban J connectivity index is 1.72. The number of benzene rings is 1. The van der Waals surface area contributed by atoms with Gasteiger partial charge in [-0.3, -0.25) is 29.3 Å². The highest BCUT2D eigenvalue weighted by atomic mass is 16.4. The summed E-state index contributed by atoms with van der Waals surface area (Å²) in [5.74, 6) is -2.46. The van der Waals surface area contributed by atoms with Gasteiger partial charge in [0.25, 0.3) is 5.91 Å². The smallest absolute Gasteiger partial charge is 0.303 e. The molecule has 27 heavy (non-hydrogen) atoms. The maximum Gasteiger partial charge on any atom is 0.303 e. The van der Waals surface area contributed by atoms with Crippen LogP contribution in [0.1, 0.15) is 48.0 Å². The van der Waals surface area contributed by atoms with Crippen LogP contribution in [0.25, 0.3) is 0 Å². The number of anilines is 1. The lowest BCUT2D eigenvalue weighted by Crippen LogP contribution is -2.52. The van der Waals surface area contributed by atoms with Crippen LogP contribution in [-0.2, 0) is 25.7 Å². The van der Waals surface area contributed by atoms with Crippen LogP contribution in [-0.4, -0.2) is 45.6 Å². The molecule has 0 aliphatic carbocycles. The average molecular weight is 373 g/mol. The first-order valence-corrected chi connectivity index (χ1v) is 8.65. The minimum absolute atomic E-state index is 0.0563. The maximum atomic E-state index is 12.7. The van der Waals surface area contributed by atoms with Crippen molar-refractivity contribution in [3.05, 3.63) is 29.3 Å². The largest absolute Gasteiger partial charge is 0.481 e. The molecule has 1 unspecified atom stereocenters. The second kappa shape index (κ2) is 7.56. The van der Waals surface area contributed by atoms with E-state index in [1.807, 2.05) is 0 Å². The number of carbonyl (C=O) groups is 5. The van der Waals surface area contributed by atoms with Gasteiger partial charge >= 0.3 is 5.97 Å². The molecule has 142 valence electrons. The normalized spacial score (nSPS) is 18.9. The van der Waals surface area contributed by atoms with Gasteiger partial charge in [0.05, 0.1) is 0 Å². The van der Waals surface area contributed by atoms with Crippen LogP contribution in [0.3, 0.4) is 0 Å². The van der Waals surface area contributed by atoms with E-state index in [1.54, 1.807) is 18.2 Å². The molecule has 2 aliphatic rings. The molecule has 0 bridgehead atoms. The Kier molecular flexibility index (Phi) is 5.20. The molecule has 3 rings (SSSR count). The summed E-state index contributed by atoms with van der Waals surface area (Å²) in [4.78, 5) is 60.1. The lowest BCUT2D eigenvalue weighted by Gasteiger charge is -2.29. The van der Waals surface area contributed by atoms with Gasteiger partial charge in [0.2, 0.25) is 17.7 Å². The molecule has 0 saturated carbocycles. The second-order valence-corrected chi connectivity index (χ2v) is 6.53. The minimum Gasteiger partial charge on any atom is -0.481 e. The molecular formula is C18H19N3O6. The van der Waals surface area contributed by atoms with E-state index in [9.17, 15) is 24.0 Å². The van der Waals surface area contributed by atoms with Gasteiger partial charge in [-0.2, -0.15) is 0 Å². The van der Waals surface area contributed by atoms with E-state index in [4.69, 9.17) is 5.11 Å². The summed E-state index contributed by atoms with van der Waals surface area (Å²) in [6.07, 6.45) is 0.616.